The lowest BCUT2D eigenvalue weighted by molar-refractivity contribution is -0.147. The van der Waals surface area contributed by atoms with E-state index in [2.05, 4.69) is 0 Å². The number of carbonyl (C=O) groups is 1. The van der Waals surface area contributed by atoms with Crippen molar-refractivity contribution in [3.8, 4) is 22.8 Å². The van der Waals surface area contributed by atoms with Crippen LogP contribution in [0.4, 0.5) is 0 Å². The quantitative estimate of drug-likeness (QED) is 0.574. The van der Waals surface area contributed by atoms with Crippen molar-refractivity contribution in [1.29, 1.82) is 0 Å². The minimum Gasteiger partial charge on any atom is -0.497 e. The summed E-state index contributed by atoms with van der Waals surface area (Å²) in [7, 11) is 1.59. The molecule has 0 radical (unpaired) electrons. The van der Waals surface area contributed by atoms with Crippen LogP contribution in [0.15, 0.2) is 57.7 Å². The number of ether oxygens (including phenoxy) is 3. The molecular formula is C22H22O6. The normalized spacial score (nSPS) is 10.9. The first-order valence-electron chi connectivity index (χ1n) is 8.97. The molecule has 6 nitrogen and oxygen atoms in total. The highest BCUT2D eigenvalue weighted by Gasteiger charge is 2.10. The summed E-state index contributed by atoms with van der Waals surface area (Å²) in [6, 6.07) is 13.5. The smallest absolute Gasteiger partial charge is 0.344 e. The molecule has 0 amide bonds. The number of rotatable bonds is 7. The molecule has 0 atom stereocenters. The van der Waals surface area contributed by atoms with E-state index in [1.54, 1.807) is 37.4 Å². The van der Waals surface area contributed by atoms with Crippen molar-refractivity contribution >= 4 is 16.9 Å². The molecule has 0 spiro atoms. The predicted molar refractivity (Wildman–Crippen MR) is 106 cm³/mol. The van der Waals surface area contributed by atoms with E-state index in [0.29, 0.717) is 29.1 Å². The fourth-order valence-corrected chi connectivity index (χ4v) is 2.57. The lowest BCUT2D eigenvalue weighted by Crippen LogP contribution is -2.17. The first-order valence-corrected chi connectivity index (χ1v) is 8.97. The second kappa shape index (κ2) is 8.61. The average molecular weight is 382 g/mol. The topological polar surface area (TPSA) is 75.0 Å². The van der Waals surface area contributed by atoms with Crippen LogP contribution >= 0.6 is 0 Å². The van der Waals surface area contributed by atoms with Crippen molar-refractivity contribution in [3.05, 3.63) is 58.8 Å². The van der Waals surface area contributed by atoms with Gasteiger partial charge >= 0.3 is 5.97 Å². The summed E-state index contributed by atoms with van der Waals surface area (Å²) in [6.07, 6.45) is 0. The molecule has 0 fully saturated rings. The molecule has 0 saturated heterocycles. The standard InChI is InChI=1S/C22H22O6/c1-14(2)12-27-22(24)13-26-17-8-9-20-18(10-17)19(23)11-21(28-20)15-4-6-16(25-3)7-5-15/h4-11,14H,12-13H2,1-3H3. The third kappa shape index (κ3) is 4.71. The van der Waals surface area contributed by atoms with E-state index in [1.165, 1.54) is 6.07 Å². The Hall–Kier alpha value is -3.28. The monoisotopic (exact) mass is 382 g/mol. The van der Waals surface area contributed by atoms with E-state index in [1.807, 2.05) is 26.0 Å². The van der Waals surface area contributed by atoms with Gasteiger partial charge in [0.2, 0.25) is 0 Å². The van der Waals surface area contributed by atoms with Crippen LogP contribution in [0.3, 0.4) is 0 Å². The second-order valence-corrected chi connectivity index (χ2v) is 6.73. The molecule has 0 aliphatic rings. The van der Waals surface area contributed by atoms with E-state index in [4.69, 9.17) is 18.6 Å². The molecule has 146 valence electrons. The number of hydrogen-bond acceptors (Lipinski definition) is 6. The summed E-state index contributed by atoms with van der Waals surface area (Å²) in [5.41, 5.74) is 1.01. The number of hydrogen-bond donors (Lipinski definition) is 0. The Labute approximate surface area is 162 Å². The van der Waals surface area contributed by atoms with Gasteiger partial charge in [-0.2, -0.15) is 0 Å². The summed E-state index contributed by atoms with van der Waals surface area (Å²) >= 11 is 0. The van der Waals surface area contributed by atoms with E-state index >= 15 is 0 Å². The van der Waals surface area contributed by atoms with Crippen molar-refractivity contribution in [1.82, 2.24) is 0 Å². The Morgan fingerprint density at radius 1 is 1.04 bits per heavy atom. The van der Waals surface area contributed by atoms with Gasteiger partial charge < -0.3 is 18.6 Å². The predicted octanol–water partition coefficient (Wildman–Crippen LogP) is 4.05. The molecule has 28 heavy (non-hydrogen) atoms. The van der Waals surface area contributed by atoms with E-state index in [0.717, 1.165) is 11.3 Å². The molecule has 1 aromatic heterocycles. The maximum absolute atomic E-state index is 12.5. The molecule has 0 N–H and O–H groups in total. The Bertz CT molecular complexity index is 1020. The molecular weight excluding hydrogens is 360 g/mol. The zero-order valence-corrected chi connectivity index (χ0v) is 16.1. The third-order valence-electron chi connectivity index (χ3n) is 4.01. The second-order valence-electron chi connectivity index (χ2n) is 6.73. The number of carbonyl (C=O) groups excluding carboxylic acids is 1. The highest BCUT2D eigenvalue weighted by atomic mass is 16.6. The van der Waals surface area contributed by atoms with Crippen molar-refractivity contribution in [2.45, 2.75) is 13.8 Å². The van der Waals surface area contributed by atoms with Gasteiger partial charge in [0.15, 0.2) is 12.0 Å². The Morgan fingerprint density at radius 2 is 1.75 bits per heavy atom. The first kappa shape index (κ1) is 19.5. The van der Waals surface area contributed by atoms with Gasteiger partial charge in [0.25, 0.3) is 0 Å². The van der Waals surface area contributed by atoms with Crippen molar-refractivity contribution in [3.63, 3.8) is 0 Å². The van der Waals surface area contributed by atoms with Crippen LogP contribution < -0.4 is 14.9 Å². The zero-order chi connectivity index (χ0) is 20.1. The minimum atomic E-state index is -0.448. The lowest BCUT2D eigenvalue weighted by atomic mass is 10.1. The third-order valence-corrected chi connectivity index (χ3v) is 4.01. The Kier molecular flexibility index (Phi) is 5.99. The summed E-state index contributed by atoms with van der Waals surface area (Å²) in [6.45, 7) is 4.04. The molecule has 1 heterocycles. The maximum Gasteiger partial charge on any atom is 0.344 e. The van der Waals surface area contributed by atoms with Gasteiger partial charge in [-0.25, -0.2) is 4.79 Å². The van der Waals surface area contributed by atoms with Crippen molar-refractivity contribution in [2.24, 2.45) is 5.92 Å². The van der Waals surface area contributed by atoms with Crippen LogP contribution in [0.25, 0.3) is 22.3 Å². The van der Waals surface area contributed by atoms with Crippen LogP contribution in [-0.2, 0) is 9.53 Å². The number of methoxy groups -OCH3 is 1. The highest BCUT2D eigenvalue weighted by molar-refractivity contribution is 5.80. The minimum absolute atomic E-state index is 0.195. The molecule has 0 saturated carbocycles. The lowest BCUT2D eigenvalue weighted by Gasteiger charge is -2.09. The SMILES string of the molecule is COc1ccc(-c2cc(=O)c3cc(OCC(=O)OCC(C)C)ccc3o2)cc1. The fourth-order valence-electron chi connectivity index (χ4n) is 2.57. The Balaban J connectivity index is 1.78. The van der Waals surface area contributed by atoms with Gasteiger partial charge in [0, 0.05) is 11.6 Å². The van der Waals surface area contributed by atoms with Crippen molar-refractivity contribution in [2.75, 3.05) is 20.3 Å². The maximum atomic E-state index is 12.5. The molecule has 0 unspecified atom stereocenters. The van der Waals surface area contributed by atoms with Gasteiger partial charge in [-0.1, -0.05) is 13.8 Å². The molecule has 6 heteroatoms. The van der Waals surface area contributed by atoms with Gasteiger partial charge in [0.1, 0.15) is 22.8 Å². The van der Waals surface area contributed by atoms with Crippen LogP contribution in [0.2, 0.25) is 0 Å². The molecule has 0 aliphatic carbocycles. The molecule has 3 rings (SSSR count). The van der Waals surface area contributed by atoms with Crippen LogP contribution in [0.1, 0.15) is 13.8 Å². The molecule has 3 aromatic rings. The largest absolute Gasteiger partial charge is 0.497 e. The number of benzene rings is 2. The zero-order valence-electron chi connectivity index (χ0n) is 16.1. The van der Waals surface area contributed by atoms with Gasteiger partial charge in [-0.3, -0.25) is 4.79 Å². The van der Waals surface area contributed by atoms with E-state index < -0.39 is 5.97 Å². The molecule has 0 bridgehead atoms. The Morgan fingerprint density at radius 3 is 2.43 bits per heavy atom. The summed E-state index contributed by atoms with van der Waals surface area (Å²) in [4.78, 5) is 24.2. The van der Waals surface area contributed by atoms with Crippen LogP contribution in [-0.4, -0.2) is 26.3 Å². The van der Waals surface area contributed by atoms with Gasteiger partial charge in [0.05, 0.1) is 19.1 Å². The number of fused-ring (bicyclic) bond motifs is 1. The molecule has 2 aromatic carbocycles. The van der Waals surface area contributed by atoms with Gasteiger partial charge in [-0.05, 0) is 48.4 Å². The van der Waals surface area contributed by atoms with Crippen LogP contribution in [0.5, 0.6) is 11.5 Å². The van der Waals surface area contributed by atoms with Crippen molar-refractivity contribution < 1.29 is 23.4 Å². The summed E-state index contributed by atoms with van der Waals surface area (Å²) in [5, 5.41) is 0.380. The fraction of sp³-hybridized carbons (Fsp3) is 0.273. The summed E-state index contributed by atoms with van der Waals surface area (Å²) in [5.74, 6) is 1.40. The van der Waals surface area contributed by atoms with E-state index in [9.17, 15) is 9.59 Å². The highest BCUT2D eigenvalue weighted by Crippen LogP contribution is 2.26. The summed E-state index contributed by atoms with van der Waals surface area (Å²) < 4.78 is 21.5. The van der Waals surface area contributed by atoms with Crippen LogP contribution in [0, 0.1) is 5.92 Å². The first-order chi connectivity index (χ1) is 13.5. The number of esters is 1. The van der Waals surface area contributed by atoms with Gasteiger partial charge in [-0.15, -0.1) is 0 Å². The molecule has 0 aliphatic heterocycles. The average Bonchev–Trinajstić information content (AvgIpc) is 2.70. The van der Waals surface area contributed by atoms with E-state index in [-0.39, 0.29) is 18.0 Å².